The number of methoxy groups -OCH3 is 1. The van der Waals surface area contributed by atoms with E-state index in [1.54, 1.807) is 18.2 Å². The first-order chi connectivity index (χ1) is 6.56. The maximum absolute atomic E-state index is 11.1. The first kappa shape index (κ1) is 11.6. The number of rotatable bonds is 2. The number of halogens is 3. The second-order valence-corrected chi connectivity index (χ2v) is 3.83. The van der Waals surface area contributed by atoms with Gasteiger partial charge >= 0.3 is 5.97 Å². The lowest BCUT2D eigenvalue weighted by atomic mass is 10.1. The normalized spacial score (nSPS) is 12.3. The number of ether oxygens (including phenoxy) is 1. The van der Waals surface area contributed by atoms with Gasteiger partial charge in [-0.05, 0) is 18.2 Å². The molecule has 0 fully saturated rings. The number of hydrogen-bond acceptors (Lipinski definition) is 2. The number of hydrogen-bond donors (Lipinski definition) is 0. The van der Waals surface area contributed by atoms with Crippen molar-refractivity contribution in [1.82, 2.24) is 0 Å². The van der Waals surface area contributed by atoms with Crippen molar-refractivity contribution in [3.8, 4) is 0 Å². The summed E-state index contributed by atoms with van der Waals surface area (Å²) in [4.78, 5) is 11.1. The molecule has 5 heteroatoms. The summed E-state index contributed by atoms with van der Waals surface area (Å²) >= 11 is 17.4. The van der Waals surface area contributed by atoms with E-state index in [0.717, 1.165) is 0 Å². The summed E-state index contributed by atoms with van der Waals surface area (Å²) in [6.45, 7) is 0. The minimum absolute atomic E-state index is 0.389. The van der Waals surface area contributed by atoms with Crippen LogP contribution in [0.1, 0.15) is 10.9 Å². The monoisotopic (exact) mass is 252 g/mol. The summed E-state index contributed by atoms with van der Waals surface area (Å²) < 4.78 is 4.49. The highest BCUT2D eigenvalue weighted by atomic mass is 35.5. The molecule has 1 aromatic rings. The molecule has 76 valence electrons. The molecular formula is C9H7Cl3O2. The highest BCUT2D eigenvalue weighted by Crippen LogP contribution is 2.30. The second-order valence-electron chi connectivity index (χ2n) is 2.55. The van der Waals surface area contributed by atoms with Crippen LogP contribution in [-0.2, 0) is 9.53 Å². The van der Waals surface area contributed by atoms with Crippen molar-refractivity contribution in [1.29, 1.82) is 0 Å². The van der Waals surface area contributed by atoms with Crippen LogP contribution in [0.3, 0.4) is 0 Å². The Morgan fingerprint density at radius 2 is 2.07 bits per heavy atom. The molecule has 1 atom stereocenters. The second kappa shape index (κ2) is 4.87. The van der Waals surface area contributed by atoms with Crippen LogP contribution < -0.4 is 0 Å². The highest BCUT2D eigenvalue weighted by molar-refractivity contribution is 6.36. The number of benzene rings is 1. The maximum Gasteiger partial charge on any atom is 0.328 e. The standard InChI is InChI=1S/C9H7Cl3O2/c1-14-9(13)8(12)6-4-5(10)2-3-7(6)11/h2-4,8H,1H3. The number of alkyl halides is 1. The minimum atomic E-state index is -0.925. The van der Waals surface area contributed by atoms with Crippen LogP contribution in [0, 0.1) is 0 Å². The lowest BCUT2D eigenvalue weighted by molar-refractivity contribution is -0.140. The molecule has 0 spiro atoms. The molecule has 0 aromatic heterocycles. The van der Waals surface area contributed by atoms with Gasteiger partial charge in [0, 0.05) is 15.6 Å². The smallest absolute Gasteiger partial charge is 0.328 e. The summed E-state index contributed by atoms with van der Waals surface area (Å²) in [7, 11) is 1.26. The molecule has 14 heavy (non-hydrogen) atoms. The molecule has 0 N–H and O–H groups in total. The van der Waals surface area contributed by atoms with Crippen LogP contribution in [-0.4, -0.2) is 13.1 Å². The largest absolute Gasteiger partial charge is 0.468 e. The lowest BCUT2D eigenvalue weighted by Crippen LogP contribution is -2.09. The molecular weight excluding hydrogens is 246 g/mol. The van der Waals surface area contributed by atoms with E-state index in [1.807, 2.05) is 0 Å². The predicted molar refractivity (Wildman–Crippen MR) is 57.1 cm³/mol. The van der Waals surface area contributed by atoms with Crippen LogP contribution in [0.25, 0.3) is 0 Å². The van der Waals surface area contributed by atoms with E-state index in [1.165, 1.54) is 7.11 Å². The molecule has 0 radical (unpaired) electrons. The van der Waals surface area contributed by atoms with Crippen molar-refractivity contribution in [2.45, 2.75) is 5.38 Å². The van der Waals surface area contributed by atoms with Gasteiger partial charge in [-0.2, -0.15) is 0 Å². The maximum atomic E-state index is 11.1. The van der Waals surface area contributed by atoms with Crippen molar-refractivity contribution in [3.05, 3.63) is 33.8 Å². The first-order valence-corrected chi connectivity index (χ1v) is 4.92. The molecule has 0 amide bonds. The van der Waals surface area contributed by atoms with E-state index < -0.39 is 11.3 Å². The van der Waals surface area contributed by atoms with Crippen molar-refractivity contribution < 1.29 is 9.53 Å². The Labute approximate surface area is 96.7 Å². The Kier molecular flexibility index (Phi) is 4.05. The van der Waals surface area contributed by atoms with Gasteiger partial charge in [-0.3, -0.25) is 4.79 Å². The van der Waals surface area contributed by atoms with E-state index >= 15 is 0 Å². The van der Waals surface area contributed by atoms with E-state index in [2.05, 4.69) is 4.74 Å². The van der Waals surface area contributed by atoms with Gasteiger partial charge in [0.1, 0.15) is 0 Å². The van der Waals surface area contributed by atoms with Gasteiger partial charge in [-0.15, -0.1) is 11.6 Å². The van der Waals surface area contributed by atoms with E-state index in [-0.39, 0.29) is 0 Å². The third-order valence-electron chi connectivity index (χ3n) is 1.64. The van der Waals surface area contributed by atoms with E-state index in [9.17, 15) is 4.79 Å². The molecule has 1 unspecified atom stereocenters. The van der Waals surface area contributed by atoms with E-state index in [0.29, 0.717) is 15.6 Å². The van der Waals surface area contributed by atoms with E-state index in [4.69, 9.17) is 34.8 Å². The molecule has 1 rings (SSSR count). The fourth-order valence-electron chi connectivity index (χ4n) is 0.939. The Bertz CT molecular complexity index is 352. The highest BCUT2D eigenvalue weighted by Gasteiger charge is 2.20. The Morgan fingerprint density at radius 1 is 1.43 bits per heavy atom. The SMILES string of the molecule is COC(=O)C(Cl)c1cc(Cl)ccc1Cl. The fraction of sp³-hybridized carbons (Fsp3) is 0.222. The van der Waals surface area contributed by atoms with Gasteiger partial charge in [-0.1, -0.05) is 23.2 Å². The van der Waals surface area contributed by atoms with Crippen molar-refractivity contribution in [2.75, 3.05) is 7.11 Å². The van der Waals surface area contributed by atoms with Crippen LogP contribution in [0.15, 0.2) is 18.2 Å². The zero-order valence-electron chi connectivity index (χ0n) is 7.26. The van der Waals surface area contributed by atoms with Crippen LogP contribution in [0.5, 0.6) is 0 Å². The average molecular weight is 254 g/mol. The molecule has 0 aliphatic rings. The number of carbonyl (C=O) groups is 1. The predicted octanol–water partition coefficient (Wildman–Crippen LogP) is 3.45. The number of esters is 1. The quantitative estimate of drug-likeness (QED) is 0.596. The minimum Gasteiger partial charge on any atom is -0.468 e. The zero-order chi connectivity index (χ0) is 10.7. The van der Waals surface area contributed by atoms with Gasteiger partial charge in [0.15, 0.2) is 5.38 Å². The Hall–Kier alpha value is -0.440. The van der Waals surface area contributed by atoms with Gasteiger partial charge in [-0.25, -0.2) is 0 Å². The summed E-state index contributed by atoms with van der Waals surface area (Å²) in [6, 6.07) is 4.74. The third kappa shape index (κ3) is 2.53. The third-order valence-corrected chi connectivity index (χ3v) is 2.63. The molecule has 2 nitrogen and oxygen atoms in total. The van der Waals surface area contributed by atoms with Crippen LogP contribution in [0.4, 0.5) is 0 Å². The molecule has 0 saturated heterocycles. The van der Waals surface area contributed by atoms with Gasteiger partial charge in [0.25, 0.3) is 0 Å². The van der Waals surface area contributed by atoms with Crippen molar-refractivity contribution in [2.24, 2.45) is 0 Å². The zero-order valence-corrected chi connectivity index (χ0v) is 9.53. The number of carbonyl (C=O) groups excluding carboxylic acids is 1. The summed E-state index contributed by atoms with van der Waals surface area (Å²) in [6.07, 6.45) is 0. The van der Waals surface area contributed by atoms with Crippen LogP contribution in [0.2, 0.25) is 10.0 Å². The molecule has 0 bridgehead atoms. The van der Waals surface area contributed by atoms with Gasteiger partial charge < -0.3 is 4.74 Å². The van der Waals surface area contributed by atoms with Crippen molar-refractivity contribution in [3.63, 3.8) is 0 Å². The molecule has 0 saturated carbocycles. The Balaban J connectivity index is 3.05. The molecule has 1 aromatic carbocycles. The van der Waals surface area contributed by atoms with Gasteiger partial charge in [0.05, 0.1) is 7.11 Å². The lowest BCUT2D eigenvalue weighted by Gasteiger charge is -2.09. The summed E-state index contributed by atoms with van der Waals surface area (Å²) in [5.41, 5.74) is 0.452. The summed E-state index contributed by atoms with van der Waals surface area (Å²) in [5, 5.41) is -0.0649. The average Bonchev–Trinajstić information content (AvgIpc) is 2.19. The fourth-order valence-corrected chi connectivity index (χ4v) is 1.67. The molecule has 0 heterocycles. The molecule has 0 aliphatic carbocycles. The topological polar surface area (TPSA) is 26.3 Å². The summed E-state index contributed by atoms with van der Waals surface area (Å²) in [5.74, 6) is -0.559. The van der Waals surface area contributed by atoms with Crippen LogP contribution >= 0.6 is 34.8 Å². The van der Waals surface area contributed by atoms with Gasteiger partial charge in [0.2, 0.25) is 0 Å². The first-order valence-electron chi connectivity index (χ1n) is 3.73. The van der Waals surface area contributed by atoms with Crippen molar-refractivity contribution >= 4 is 40.8 Å². The Morgan fingerprint density at radius 3 is 2.64 bits per heavy atom. The molecule has 0 aliphatic heterocycles.